The summed E-state index contributed by atoms with van der Waals surface area (Å²) in [6.45, 7) is 6.23. The van der Waals surface area contributed by atoms with Crippen molar-refractivity contribution in [1.29, 1.82) is 0 Å². The number of hydrogen-bond acceptors (Lipinski definition) is 6. The standard InChI is InChI=1S/C20H29N3O6/c1-5-14(4)21-20(27)23-17(25)12-29-19(26)18(13(2)3)22-16(24)11-28-15-9-7-6-8-10-15/h6-10,13-14,18H,5,11-12H2,1-4H3,(H,22,24)(H2,21,23,25,27)/t14-,18+/m1/s1. The molecule has 0 saturated heterocycles. The second-order valence-corrected chi connectivity index (χ2v) is 6.83. The maximum atomic E-state index is 12.3. The molecule has 0 bridgehead atoms. The summed E-state index contributed by atoms with van der Waals surface area (Å²) in [5.74, 6) is -1.79. The fourth-order valence-corrected chi connectivity index (χ4v) is 2.13. The van der Waals surface area contributed by atoms with Crippen molar-refractivity contribution in [3.63, 3.8) is 0 Å². The lowest BCUT2D eigenvalue weighted by atomic mass is 10.0. The molecule has 29 heavy (non-hydrogen) atoms. The lowest BCUT2D eigenvalue weighted by Crippen LogP contribution is -2.48. The molecule has 0 spiro atoms. The molecule has 2 atom stereocenters. The fraction of sp³-hybridized carbons (Fsp3) is 0.500. The zero-order valence-electron chi connectivity index (χ0n) is 17.2. The molecule has 3 N–H and O–H groups in total. The van der Waals surface area contributed by atoms with Gasteiger partial charge in [-0.15, -0.1) is 0 Å². The van der Waals surface area contributed by atoms with Gasteiger partial charge in [0.15, 0.2) is 13.2 Å². The average molecular weight is 407 g/mol. The molecule has 0 aliphatic rings. The summed E-state index contributed by atoms with van der Waals surface area (Å²) in [6, 6.07) is 7.07. The second-order valence-electron chi connectivity index (χ2n) is 6.83. The third-order valence-corrected chi connectivity index (χ3v) is 3.94. The van der Waals surface area contributed by atoms with Crippen molar-refractivity contribution in [3.8, 4) is 5.75 Å². The van der Waals surface area contributed by atoms with E-state index in [0.29, 0.717) is 12.2 Å². The number of para-hydroxylation sites is 1. The zero-order chi connectivity index (χ0) is 21.8. The number of benzene rings is 1. The normalized spacial score (nSPS) is 12.4. The summed E-state index contributed by atoms with van der Waals surface area (Å²) >= 11 is 0. The Morgan fingerprint density at radius 1 is 0.931 bits per heavy atom. The monoisotopic (exact) mass is 407 g/mol. The Morgan fingerprint density at radius 2 is 1.59 bits per heavy atom. The van der Waals surface area contributed by atoms with Crippen LogP contribution in [0.3, 0.4) is 0 Å². The highest BCUT2D eigenvalue weighted by atomic mass is 16.5. The van der Waals surface area contributed by atoms with Crippen LogP contribution < -0.4 is 20.7 Å². The largest absolute Gasteiger partial charge is 0.484 e. The number of imide groups is 1. The maximum Gasteiger partial charge on any atom is 0.329 e. The fourth-order valence-electron chi connectivity index (χ4n) is 2.13. The van der Waals surface area contributed by atoms with Crippen LogP contribution in [0.4, 0.5) is 4.79 Å². The Labute approximate surface area is 170 Å². The molecule has 0 saturated carbocycles. The molecular weight excluding hydrogens is 378 g/mol. The zero-order valence-corrected chi connectivity index (χ0v) is 17.2. The van der Waals surface area contributed by atoms with Gasteiger partial charge in [0.05, 0.1) is 0 Å². The first kappa shape index (κ1) is 23.9. The molecule has 1 rings (SSSR count). The van der Waals surface area contributed by atoms with Crippen molar-refractivity contribution in [2.45, 2.75) is 46.2 Å². The van der Waals surface area contributed by atoms with Gasteiger partial charge in [-0.1, -0.05) is 39.0 Å². The SMILES string of the molecule is CC[C@@H](C)NC(=O)NC(=O)COC(=O)[C@@H](NC(=O)COc1ccccc1)C(C)C. The molecule has 0 fully saturated rings. The molecule has 9 heteroatoms. The second kappa shape index (κ2) is 12.4. The van der Waals surface area contributed by atoms with Gasteiger partial charge in [0, 0.05) is 6.04 Å². The minimum Gasteiger partial charge on any atom is -0.484 e. The van der Waals surface area contributed by atoms with Crippen LogP contribution in [0.2, 0.25) is 0 Å². The Bertz CT molecular complexity index is 693. The van der Waals surface area contributed by atoms with Crippen LogP contribution in [0.5, 0.6) is 5.75 Å². The summed E-state index contributed by atoms with van der Waals surface area (Å²) in [5, 5.41) is 7.17. The van der Waals surface area contributed by atoms with Crippen molar-refractivity contribution in [2.75, 3.05) is 13.2 Å². The third kappa shape index (κ3) is 9.59. The van der Waals surface area contributed by atoms with Crippen LogP contribution in [0.25, 0.3) is 0 Å². The third-order valence-electron chi connectivity index (χ3n) is 3.94. The Hall–Kier alpha value is -3.10. The van der Waals surface area contributed by atoms with Crippen molar-refractivity contribution < 1.29 is 28.7 Å². The van der Waals surface area contributed by atoms with E-state index in [1.807, 2.05) is 13.0 Å². The number of rotatable bonds is 10. The molecule has 1 aromatic carbocycles. The van der Waals surface area contributed by atoms with Gasteiger partial charge in [-0.25, -0.2) is 9.59 Å². The van der Waals surface area contributed by atoms with Crippen LogP contribution in [0.15, 0.2) is 30.3 Å². The minimum atomic E-state index is -0.955. The van der Waals surface area contributed by atoms with E-state index in [-0.39, 0.29) is 18.6 Å². The predicted octanol–water partition coefficient (Wildman–Crippen LogP) is 1.37. The van der Waals surface area contributed by atoms with Crippen LogP contribution in [0.1, 0.15) is 34.1 Å². The first-order chi connectivity index (χ1) is 13.7. The Morgan fingerprint density at radius 3 is 2.17 bits per heavy atom. The van der Waals surface area contributed by atoms with Gasteiger partial charge in [-0.3, -0.25) is 14.9 Å². The van der Waals surface area contributed by atoms with Crippen LogP contribution in [-0.2, 0) is 19.1 Å². The van der Waals surface area contributed by atoms with Gasteiger partial charge in [0.1, 0.15) is 11.8 Å². The van der Waals surface area contributed by atoms with E-state index >= 15 is 0 Å². The lowest BCUT2D eigenvalue weighted by Gasteiger charge is -2.21. The highest BCUT2D eigenvalue weighted by molar-refractivity contribution is 5.96. The number of carbonyl (C=O) groups is 4. The van der Waals surface area contributed by atoms with Gasteiger partial charge < -0.3 is 20.1 Å². The topological polar surface area (TPSA) is 123 Å². The highest BCUT2D eigenvalue weighted by Crippen LogP contribution is 2.08. The van der Waals surface area contributed by atoms with Gasteiger partial charge in [-0.05, 0) is 31.4 Å². The van der Waals surface area contributed by atoms with Crippen molar-refractivity contribution in [1.82, 2.24) is 16.0 Å². The summed E-state index contributed by atoms with van der Waals surface area (Å²) in [5.41, 5.74) is 0. The molecule has 0 aliphatic carbocycles. The average Bonchev–Trinajstić information content (AvgIpc) is 2.68. The molecule has 9 nitrogen and oxygen atoms in total. The van der Waals surface area contributed by atoms with E-state index in [4.69, 9.17) is 9.47 Å². The highest BCUT2D eigenvalue weighted by Gasteiger charge is 2.26. The van der Waals surface area contributed by atoms with E-state index in [0.717, 1.165) is 0 Å². The van der Waals surface area contributed by atoms with E-state index in [1.54, 1.807) is 45.0 Å². The number of nitrogens with one attached hydrogen (secondary N) is 3. The number of urea groups is 1. The van der Waals surface area contributed by atoms with E-state index in [2.05, 4.69) is 16.0 Å². The molecule has 0 unspecified atom stereocenters. The Balaban J connectivity index is 2.45. The lowest BCUT2D eigenvalue weighted by molar-refractivity contribution is -0.152. The first-order valence-electron chi connectivity index (χ1n) is 9.47. The van der Waals surface area contributed by atoms with Crippen molar-refractivity contribution in [2.24, 2.45) is 5.92 Å². The molecule has 0 heterocycles. The smallest absolute Gasteiger partial charge is 0.329 e. The molecule has 0 aromatic heterocycles. The van der Waals surface area contributed by atoms with Crippen molar-refractivity contribution >= 4 is 23.8 Å². The van der Waals surface area contributed by atoms with Crippen LogP contribution in [-0.4, -0.2) is 49.1 Å². The van der Waals surface area contributed by atoms with Gasteiger partial charge in [-0.2, -0.15) is 0 Å². The van der Waals surface area contributed by atoms with Gasteiger partial charge >= 0.3 is 12.0 Å². The predicted molar refractivity (Wildman–Crippen MR) is 106 cm³/mol. The molecule has 160 valence electrons. The number of hydrogen-bond donors (Lipinski definition) is 3. The van der Waals surface area contributed by atoms with E-state index in [9.17, 15) is 19.2 Å². The quantitative estimate of drug-likeness (QED) is 0.504. The van der Waals surface area contributed by atoms with Crippen LogP contribution in [0, 0.1) is 5.92 Å². The van der Waals surface area contributed by atoms with E-state index in [1.165, 1.54) is 0 Å². The number of carbonyl (C=O) groups excluding carboxylic acids is 4. The molecule has 4 amide bonds. The summed E-state index contributed by atoms with van der Waals surface area (Å²) in [4.78, 5) is 47.7. The molecule has 1 aromatic rings. The molecule has 0 radical (unpaired) electrons. The minimum absolute atomic E-state index is 0.0935. The number of amides is 4. The van der Waals surface area contributed by atoms with Crippen molar-refractivity contribution in [3.05, 3.63) is 30.3 Å². The summed E-state index contributed by atoms with van der Waals surface area (Å²) in [7, 11) is 0. The van der Waals surface area contributed by atoms with Crippen LogP contribution >= 0.6 is 0 Å². The number of esters is 1. The first-order valence-corrected chi connectivity index (χ1v) is 9.47. The molecular formula is C20H29N3O6. The van der Waals surface area contributed by atoms with Gasteiger partial charge in [0.2, 0.25) is 0 Å². The summed E-state index contributed by atoms with van der Waals surface area (Å²) < 4.78 is 10.3. The van der Waals surface area contributed by atoms with Gasteiger partial charge in [0.25, 0.3) is 11.8 Å². The van der Waals surface area contributed by atoms with E-state index < -0.39 is 36.5 Å². The Kier molecular flexibility index (Phi) is 10.2. The summed E-state index contributed by atoms with van der Waals surface area (Å²) in [6.07, 6.45) is 0.709. The number of ether oxygens (including phenoxy) is 2. The molecule has 0 aliphatic heterocycles. The maximum absolute atomic E-state index is 12.3.